The number of pyridine rings is 1. The van der Waals surface area contributed by atoms with Crippen molar-refractivity contribution >= 4 is 34.2 Å². The van der Waals surface area contributed by atoms with Crippen LogP contribution in [0.4, 0.5) is 8.78 Å². The third-order valence-corrected chi connectivity index (χ3v) is 5.86. The van der Waals surface area contributed by atoms with Crippen LogP contribution in [0.1, 0.15) is 46.9 Å². The number of carbonyl (C=O) groups excluding carboxylic acids is 1. The van der Waals surface area contributed by atoms with Gasteiger partial charge in [-0.05, 0) is 31.0 Å². The van der Waals surface area contributed by atoms with Gasteiger partial charge >= 0.3 is 0 Å². The third-order valence-electron chi connectivity index (χ3n) is 5.56. The minimum absolute atomic E-state index is 0.131. The summed E-state index contributed by atoms with van der Waals surface area (Å²) in [5, 5.41) is 5.45. The number of hydrogen-bond acceptors (Lipinski definition) is 5. The number of para-hydroxylation sites is 1. The number of piperidine rings is 1. The molecule has 10 heteroatoms. The Bertz CT molecular complexity index is 1290. The summed E-state index contributed by atoms with van der Waals surface area (Å²) < 4.78 is 28.1. The summed E-state index contributed by atoms with van der Waals surface area (Å²) in [5.41, 5.74) is 1.35. The van der Waals surface area contributed by atoms with Gasteiger partial charge in [-0.25, -0.2) is 18.3 Å². The molecule has 0 aliphatic carbocycles. The molecule has 4 heterocycles. The van der Waals surface area contributed by atoms with Crippen LogP contribution in [0.5, 0.6) is 0 Å². The van der Waals surface area contributed by atoms with Crippen molar-refractivity contribution < 1.29 is 13.6 Å². The van der Waals surface area contributed by atoms with Gasteiger partial charge in [-0.3, -0.25) is 9.78 Å². The minimum Gasteiger partial charge on any atom is -0.338 e. The van der Waals surface area contributed by atoms with Gasteiger partial charge in [0.05, 0.1) is 21.8 Å². The zero-order valence-electron chi connectivity index (χ0n) is 16.3. The fourth-order valence-corrected chi connectivity index (χ4v) is 4.31. The highest BCUT2D eigenvalue weighted by Crippen LogP contribution is 2.30. The van der Waals surface area contributed by atoms with E-state index >= 15 is 0 Å². The Labute approximate surface area is 180 Å². The van der Waals surface area contributed by atoms with Gasteiger partial charge in [-0.15, -0.1) is 0 Å². The van der Waals surface area contributed by atoms with Crippen LogP contribution in [0.3, 0.4) is 0 Å². The van der Waals surface area contributed by atoms with Gasteiger partial charge in [0, 0.05) is 30.6 Å². The number of nitrogens with zero attached hydrogens (tertiary/aromatic N) is 6. The highest BCUT2D eigenvalue weighted by Gasteiger charge is 2.29. The van der Waals surface area contributed by atoms with Crippen LogP contribution in [0.2, 0.25) is 5.02 Å². The molecule has 5 rings (SSSR count). The predicted molar refractivity (Wildman–Crippen MR) is 110 cm³/mol. The first-order chi connectivity index (χ1) is 15.0. The van der Waals surface area contributed by atoms with Crippen LogP contribution in [0, 0.1) is 0 Å². The molecule has 0 bridgehead atoms. The lowest BCUT2D eigenvalue weighted by atomic mass is 9.93. The van der Waals surface area contributed by atoms with E-state index in [2.05, 4.69) is 20.1 Å². The molecular formula is C21H17ClF2N6O. The van der Waals surface area contributed by atoms with Crippen molar-refractivity contribution in [2.75, 3.05) is 13.1 Å². The molecule has 4 aromatic rings. The number of carbonyl (C=O) groups is 1. The average Bonchev–Trinajstić information content (AvgIpc) is 3.27. The average molecular weight is 443 g/mol. The molecule has 0 spiro atoms. The molecule has 1 fully saturated rings. The number of aromatic nitrogens is 5. The van der Waals surface area contributed by atoms with E-state index in [1.165, 1.54) is 23.1 Å². The van der Waals surface area contributed by atoms with Crippen molar-refractivity contribution in [3.8, 4) is 0 Å². The zero-order valence-corrected chi connectivity index (χ0v) is 17.0. The van der Waals surface area contributed by atoms with Gasteiger partial charge in [0.25, 0.3) is 18.1 Å². The van der Waals surface area contributed by atoms with Crippen molar-refractivity contribution in [1.29, 1.82) is 0 Å². The monoisotopic (exact) mass is 442 g/mol. The first-order valence-corrected chi connectivity index (χ1v) is 10.2. The van der Waals surface area contributed by atoms with Gasteiger partial charge < -0.3 is 4.90 Å². The van der Waals surface area contributed by atoms with Gasteiger partial charge in [0.15, 0.2) is 0 Å². The second kappa shape index (κ2) is 7.81. The van der Waals surface area contributed by atoms with Gasteiger partial charge in [0.2, 0.25) is 0 Å². The Hall–Kier alpha value is -3.20. The standard InChI is InChI=1S/C21H17ClF2N6O/c22-15-5-1-3-12-7-14(9-25-18(12)15)20(31)29-6-2-4-13(10-29)17-8-16(19(23)24)28-21-26-11-27-30(17)21/h1,3,5,7-9,11,13,19H,2,4,6,10H2. The molecule has 1 unspecified atom stereocenters. The van der Waals surface area contributed by atoms with Crippen LogP contribution in [-0.2, 0) is 0 Å². The van der Waals surface area contributed by atoms with Crippen LogP contribution in [-0.4, -0.2) is 48.5 Å². The molecule has 1 amide bonds. The van der Waals surface area contributed by atoms with E-state index in [1.807, 2.05) is 12.1 Å². The predicted octanol–water partition coefficient (Wildman–Crippen LogP) is 4.28. The molecule has 3 aromatic heterocycles. The summed E-state index contributed by atoms with van der Waals surface area (Å²) in [5.74, 6) is -0.186. The minimum atomic E-state index is -2.71. The van der Waals surface area contributed by atoms with Gasteiger partial charge in [-0.1, -0.05) is 23.7 Å². The zero-order chi connectivity index (χ0) is 21.5. The lowest BCUT2D eigenvalue weighted by molar-refractivity contribution is 0.0704. The maximum absolute atomic E-state index is 13.3. The van der Waals surface area contributed by atoms with Crippen molar-refractivity contribution in [2.24, 2.45) is 0 Å². The summed E-state index contributed by atoms with van der Waals surface area (Å²) in [6, 6.07) is 8.56. The normalized spacial score (nSPS) is 17.0. The van der Waals surface area contributed by atoms with Crippen LogP contribution < -0.4 is 0 Å². The number of likely N-dealkylation sites (tertiary alicyclic amines) is 1. The molecule has 7 nitrogen and oxygen atoms in total. The lowest BCUT2D eigenvalue weighted by Crippen LogP contribution is -2.39. The smallest absolute Gasteiger partial charge is 0.280 e. The molecule has 0 saturated carbocycles. The summed E-state index contributed by atoms with van der Waals surface area (Å²) in [4.78, 5) is 27.1. The molecule has 0 radical (unpaired) electrons. The van der Waals surface area contributed by atoms with E-state index in [9.17, 15) is 13.6 Å². The second-order valence-electron chi connectivity index (χ2n) is 7.50. The summed E-state index contributed by atoms with van der Waals surface area (Å²) in [6.45, 7) is 0.963. The lowest BCUT2D eigenvalue weighted by Gasteiger charge is -2.33. The van der Waals surface area contributed by atoms with Gasteiger partial charge in [-0.2, -0.15) is 10.1 Å². The Balaban J connectivity index is 1.45. The molecule has 0 N–H and O–H groups in total. The molecule has 158 valence electrons. The Kier molecular flexibility index (Phi) is 4.97. The highest BCUT2D eigenvalue weighted by atomic mass is 35.5. The number of rotatable bonds is 3. The number of amides is 1. The molecule has 31 heavy (non-hydrogen) atoms. The Morgan fingerprint density at radius 2 is 2.10 bits per heavy atom. The fraction of sp³-hybridized carbons (Fsp3) is 0.286. The van der Waals surface area contributed by atoms with E-state index in [0.717, 1.165) is 18.2 Å². The summed E-state index contributed by atoms with van der Waals surface area (Å²) >= 11 is 6.17. The molecule has 1 atom stereocenters. The van der Waals surface area contributed by atoms with Crippen molar-refractivity contribution in [1.82, 2.24) is 29.5 Å². The number of hydrogen-bond donors (Lipinski definition) is 0. The van der Waals surface area contributed by atoms with E-state index < -0.39 is 6.43 Å². The summed E-state index contributed by atoms with van der Waals surface area (Å²) in [6.07, 6.45) is 1.59. The number of alkyl halides is 2. The molecule has 1 aliphatic rings. The first kappa shape index (κ1) is 19.7. The Morgan fingerprint density at radius 3 is 2.94 bits per heavy atom. The highest BCUT2D eigenvalue weighted by molar-refractivity contribution is 6.35. The number of benzene rings is 1. The van der Waals surface area contributed by atoms with Crippen LogP contribution in [0.15, 0.2) is 42.9 Å². The molecule has 1 saturated heterocycles. The number of halogens is 3. The third kappa shape index (κ3) is 3.59. The van der Waals surface area contributed by atoms with E-state index in [0.29, 0.717) is 34.9 Å². The van der Waals surface area contributed by atoms with E-state index in [-0.39, 0.29) is 23.3 Å². The second-order valence-corrected chi connectivity index (χ2v) is 7.91. The van der Waals surface area contributed by atoms with Crippen LogP contribution in [0.25, 0.3) is 16.7 Å². The van der Waals surface area contributed by atoms with Crippen molar-refractivity contribution in [3.63, 3.8) is 0 Å². The van der Waals surface area contributed by atoms with Crippen molar-refractivity contribution in [2.45, 2.75) is 25.2 Å². The van der Waals surface area contributed by atoms with Crippen LogP contribution >= 0.6 is 11.6 Å². The largest absolute Gasteiger partial charge is 0.338 e. The quantitative estimate of drug-likeness (QED) is 0.473. The van der Waals surface area contributed by atoms with E-state index in [1.54, 1.807) is 17.0 Å². The number of fused-ring (bicyclic) bond motifs is 2. The first-order valence-electron chi connectivity index (χ1n) is 9.83. The Morgan fingerprint density at radius 1 is 1.23 bits per heavy atom. The topological polar surface area (TPSA) is 76.3 Å². The summed E-state index contributed by atoms with van der Waals surface area (Å²) in [7, 11) is 0. The maximum Gasteiger partial charge on any atom is 0.280 e. The maximum atomic E-state index is 13.3. The molecule has 1 aromatic carbocycles. The SMILES string of the molecule is O=C(c1cnc2c(Cl)cccc2c1)N1CCCC(c2cc(C(F)F)nc3ncnn23)C1. The molecule has 1 aliphatic heterocycles. The fourth-order valence-electron chi connectivity index (χ4n) is 4.08. The molecular weight excluding hydrogens is 426 g/mol. The van der Waals surface area contributed by atoms with Gasteiger partial charge in [0.1, 0.15) is 12.0 Å². The van der Waals surface area contributed by atoms with E-state index in [4.69, 9.17) is 11.6 Å². The van der Waals surface area contributed by atoms with Crippen molar-refractivity contribution in [3.05, 3.63) is 64.8 Å².